The van der Waals surface area contributed by atoms with E-state index in [0.717, 1.165) is 10.6 Å². The molecule has 2 heterocycles. The zero-order valence-corrected chi connectivity index (χ0v) is 11.3. The standard InChI is InChI=1S/C14H14N2O2S/c1-10(12-5-3-9-18-12)16-14(17)13-7-6-11(19-13)4-2-8-15/h3,5-7,9-10H,8,15H2,1H3,(H,16,17). The lowest BCUT2D eigenvalue weighted by Gasteiger charge is -2.09. The highest BCUT2D eigenvalue weighted by Gasteiger charge is 2.14. The zero-order valence-electron chi connectivity index (χ0n) is 10.5. The van der Waals surface area contributed by atoms with E-state index in [1.165, 1.54) is 11.3 Å². The second kappa shape index (κ2) is 6.23. The molecule has 1 atom stereocenters. The SMILES string of the molecule is CC(NC(=O)c1ccc(C#CCN)s1)c1ccco1. The molecule has 0 saturated carbocycles. The summed E-state index contributed by atoms with van der Waals surface area (Å²) >= 11 is 1.35. The van der Waals surface area contributed by atoms with Gasteiger partial charge in [0.25, 0.3) is 5.91 Å². The first-order chi connectivity index (χ1) is 9.20. The highest BCUT2D eigenvalue weighted by atomic mass is 32.1. The Kier molecular flexibility index (Phi) is 4.39. The molecule has 5 heteroatoms. The molecule has 0 fully saturated rings. The van der Waals surface area contributed by atoms with Gasteiger partial charge in [-0.3, -0.25) is 4.79 Å². The van der Waals surface area contributed by atoms with E-state index in [9.17, 15) is 4.79 Å². The van der Waals surface area contributed by atoms with Crippen molar-refractivity contribution in [3.05, 3.63) is 46.0 Å². The lowest BCUT2D eigenvalue weighted by Crippen LogP contribution is -2.25. The number of furan rings is 1. The van der Waals surface area contributed by atoms with Gasteiger partial charge in [0.1, 0.15) is 5.76 Å². The molecular weight excluding hydrogens is 260 g/mol. The van der Waals surface area contributed by atoms with E-state index in [-0.39, 0.29) is 11.9 Å². The molecule has 0 aliphatic rings. The average Bonchev–Trinajstić information content (AvgIpc) is 3.07. The van der Waals surface area contributed by atoms with Crippen molar-refractivity contribution in [2.45, 2.75) is 13.0 Å². The van der Waals surface area contributed by atoms with Gasteiger partial charge >= 0.3 is 0 Å². The number of rotatable bonds is 3. The molecule has 2 aromatic heterocycles. The lowest BCUT2D eigenvalue weighted by atomic mass is 10.2. The summed E-state index contributed by atoms with van der Waals surface area (Å²) < 4.78 is 5.24. The van der Waals surface area contributed by atoms with Gasteiger partial charge in [-0.05, 0) is 31.2 Å². The molecule has 19 heavy (non-hydrogen) atoms. The number of amides is 1. The van der Waals surface area contributed by atoms with E-state index in [1.54, 1.807) is 18.4 Å². The highest BCUT2D eigenvalue weighted by molar-refractivity contribution is 7.14. The highest BCUT2D eigenvalue weighted by Crippen LogP contribution is 2.18. The van der Waals surface area contributed by atoms with Crippen LogP contribution in [0.4, 0.5) is 0 Å². The minimum absolute atomic E-state index is 0.130. The first-order valence-corrected chi connectivity index (χ1v) is 6.65. The molecule has 0 aromatic carbocycles. The van der Waals surface area contributed by atoms with Crippen LogP contribution in [0.15, 0.2) is 34.9 Å². The molecule has 0 spiro atoms. The number of hydrogen-bond donors (Lipinski definition) is 2. The zero-order chi connectivity index (χ0) is 13.7. The smallest absolute Gasteiger partial charge is 0.261 e. The Balaban J connectivity index is 2.02. The molecule has 3 N–H and O–H groups in total. The van der Waals surface area contributed by atoms with Crippen molar-refractivity contribution in [2.75, 3.05) is 6.54 Å². The summed E-state index contributed by atoms with van der Waals surface area (Å²) in [5.74, 6) is 6.27. The third-order valence-corrected chi connectivity index (χ3v) is 3.46. The fourth-order valence-electron chi connectivity index (χ4n) is 1.54. The Bertz CT molecular complexity index is 605. The van der Waals surface area contributed by atoms with Crippen LogP contribution >= 0.6 is 11.3 Å². The molecule has 1 unspecified atom stereocenters. The van der Waals surface area contributed by atoms with Gasteiger partial charge in [0, 0.05) is 0 Å². The molecule has 0 bridgehead atoms. The van der Waals surface area contributed by atoms with Crippen LogP contribution in [-0.2, 0) is 0 Å². The molecule has 0 aliphatic heterocycles. The van der Waals surface area contributed by atoms with Crippen LogP contribution < -0.4 is 11.1 Å². The maximum atomic E-state index is 12.0. The molecule has 2 rings (SSSR count). The summed E-state index contributed by atoms with van der Waals surface area (Å²) in [6.45, 7) is 2.19. The van der Waals surface area contributed by atoms with E-state index in [1.807, 2.05) is 19.1 Å². The van der Waals surface area contributed by atoms with Crippen molar-refractivity contribution < 1.29 is 9.21 Å². The minimum Gasteiger partial charge on any atom is -0.467 e. The largest absolute Gasteiger partial charge is 0.467 e. The fourth-order valence-corrected chi connectivity index (χ4v) is 2.33. The van der Waals surface area contributed by atoms with E-state index < -0.39 is 0 Å². The number of nitrogens with one attached hydrogen (secondary N) is 1. The summed E-state index contributed by atoms with van der Waals surface area (Å²) in [5.41, 5.74) is 5.30. The van der Waals surface area contributed by atoms with Crippen molar-refractivity contribution in [1.29, 1.82) is 0 Å². The monoisotopic (exact) mass is 274 g/mol. The number of thiophene rings is 1. The summed E-state index contributed by atoms with van der Waals surface area (Å²) in [6.07, 6.45) is 1.59. The summed E-state index contributed by atoms with van der Waals surface area (Å²) in [4.78, 5) is 13.5. The Morgan fingerprint density at radius 2 is 2.37 bits per heavy atom. The van der Waals surface area contributed by atoms with Gasteiger partial charge in [-0.25, -0.2) is 0 Å². The predicted molar refractivity (Wildman–Crippen MR) is 74.8 cm³/mol. The van der Waals surface area contributed by atoms with Crippen LogP contribution in [0.3, 0.4) is 0 Å². The van der Waals surface area contributed by atoms with Crippen LogP contribution in [0.25, 0.3) is 0 Å². The first kappa shape index (κ1) is 13.4. The molecule has 1 amide bonds. The first-order valence-electron chi connectivity index (χ1n) is 5.83. The molecule has 0 saturated heterocycles. The summed E-state index contributed by atoms with van der Waals surface area (Å²) in [7, 11) is 0. The van der Waals surface area contributed by atoms with E-state index in [4.69, 9.17) is 10.2 Å². The van der Waals surface area contributed by atoms with E-state index >= 15 is 0 Å². The molecule has 0 radical (unpaired) electrons. The van der Waals surface area contributed by atoms with Crippen LogP contribution in [-0.4, -0.2) is 12.5 Å². The van der Waals surface area contributed by atoms with Crippen molar-refractivity contribution in [1.82, 2.24) is 5.32 Å². The summed E-state index contributed by atoms with van der Waals surface area (Å²) in [6, 6.07) is 7.04. The normalized spacial score (nSPS) is 11.5. The lowest BCUT2D eigenvalue weighted by molar-refractivity contribution is 0.0939. The average molecular weight is 274 g/mol. The molecule has 0 aliphatic carbocycles. The van der Waals surface area contributed by atoms with Gasteiger partial charge in [0.05, 0.1) is 28.6 Å². The van der Waals surface area contributed by atoms with Crippen molar-refractivity contribution in [3.63, 3.8) is 0 Å². The van der Waals surface area contributed by atoms with Crippen LogP contribution in [0, 0.1) is 11.8 Å². The number of nitrogens with two attached hydrogens (primary N) is 1. The summed E-state index contributed by atoms with van der Waals surface area (Å²) in [5, 5.41) is 2.87. The number of carbonyl (C=O) groups excluding carboxylic acids is 1. The van der Waals surface area contributed by atoms with Crippen molar-refractivity contribution >= 4 is 17.2 Å². The Hall–Kier alpha value is -2.03. The Morgan fingerprint density at radius 1 is 1.53 bits per heavy atom. The quantitative estimate of drug-likeness (QED) is 0.843. The van der Waals surface area contributed by atoms with Gasteiger partial charge in [-0.1, -0.05) is 11.8 Å². The topological polar surface area (TPSA) is 68.3 Å². The Morgan fingerprint density at radius 3 is 3.05 bits per heavy atom. The van der Waals surface area contributed by atoms with Crippen molar-refractivity contribution in [2.24, 2.45) is 5.73 Å². The van der Waals surface area contributed by atoms with Crippen LogP contribution in [0.1, 0.15) is 33.3 Å². The van der Waals surface area contributed by atoms with Gasteiger partial charge in [-0.15, -0.1) is 11.3 Å². The predicted octanol–water partition coefficient (Wildman–Crippen LogP) is 2.14. The van der Waals surface area contributed by atoms with Gasteiger partial charge < -0.3 is 15.5 Å². The maximum absolute atomic E-state index is 12.0. The number of hydrogen-bond acceptors (Lipinski definition) is 4. The van der Waals surface area contributed by atoms with E-state index in [0.29, 0.717) is 11.4 Å². The second-order valence-corrected chi connectivity index (χ2v) is 4.96. The molecule has 4 nitrogen and oxygen atoms in total. The Labute approximate surface area is 115 Å². The van der Waals surface area contributed by atoms with Crippen LogP contribution in [0.5, 0.6) is 0 Å². The van der Waals surface area contributed by atoms with E-state index in [2.05, 4.69) is 17.2 Å². The third-order valence-electron chi connectivity index (χ3n) is 2.46. The third kappa shape index (κ3) is 3.47. The van der Waals surface area contributed by atoms with Crippen LogP contribution in [0.2, 0.25) is 0 Å². The van der Waals surface area contributed by atoms with Gasteiger partial charge in [0.2, 0.25) is 0 Å². The maximum Gasteiger partial charge on any atom is 0.261 e. The molecular formula is C14H14N2O2S. The minimum atomic E-state index is -0.164. The number of carbonyl (C=O) groups is 1. The molecule has 98 valence electrons. The van der Waals surface area contributed by atoms with Gasteiger partial charge in [0.15, 0.2) is 0 Å². The fraction of sp³-hybridized carbons (Fsp3) is 0.214. The molecule has 2 aromatic rings. The van der Waals surface area contributed by atoms with Crippen molar-refractivity contribution in [3.8, 4) is 11.8 Å². The van der Waals surface area contributed by atoms with Gasteiger partial charge in [-0.2, -0.15) is 0 Å². The second-order valence-electron chi connectivity index (χ2n) is 3.88.